The van der Waals surface area contributed by atoms with Gasteiger partial charge in [0, 0.05) is 31.3 Å². The predicted octanol–water partition coefficient (Wildman–Crippen LogP) is 4.40. The summed E-state index contributed by atoms with van der Waals surface area (Å²) in [5.41, 5.74) is 4.03. The van der Waals surface area contributed by atoms with Crippen LogP contribution in [0.1, 0.15) is 46.9 Å². The van der Waals surface area contributed by atoms with Crippen LogP contribution in [0.25, 0.3) is 11.3 Å². The van der Waals surface area contributed by atoms with Crippen LogP contribution in [0.3, 0.4) is 0 Å². The standard InChI is InChI=1S/C29H33N3O5/c1-4-36-29(35)23-12-14-31(15-13-23)27(33)19-32(18-22-8-6-5-7-9-22)28(34)25-17-26(37-30-25)24-16-20(2)10-11-21(24)3/h5-11,16-17,23H,4,12-15,18-19H2,1-3H3. The summed E-state index contributed by atoms with van der Waals surface area (Å²) < 4.78 is 10.7. The van der Waals surface area contributed by atoms with E-state index < -0.39 is 0 Å². The molecule has 2 aromatic carbocycles. The van der Waals surface area contributed by atoms with Crippen LogP contribution in [-0.4, -0.2) is 59.0 Å². The van der Waals surface area contributed by atoms with Gasteiger partial charge in [-0.2, -0.15) is 0 Å². The van der Waals surface area contributed by atoms with Crippen LogP contribution in [0, 0.1) is 19.8 Å². The first-order chi connectivity index (χ1) is 17.9. The number of nitrogens with zero attached hydrogens (tertiary/aromatic N) is 3. The van der Waals surface area contributed by atoms with Gasteiger partial charge in [0.15, 0.2) is 11.5 Å². The van der Waals surface area contributed by atoms with Crippen molar-refractivity contribution in [3.05, 3.63) is 77.0 Å². The van der Waals surface area contributed by atoms with Crippen molar-refractivity contribution in [2.24, 2.45) is 5.92 Å². The fourth-order valence-corrected chi connectivity index (χ4v) is 4.56. The van der Waals surface area contributed by atoms with Crippen molar-refractivity contribution < 1.29 is 23.6 Å². The lowest BCUT2D eigenvalue weighted by atomic mass is 9.97. The van der Waals surface area contributed by atoms with Crippen LogP contribution in [0.15, 0.2) is 59.1 Å². The molecule has 3 aromatic rings. The highest BCUT2D eigenvalue weighted by Crippen LogP contribution is 2.26. The number of piperidine rings is 1. The minimum Gasteiger partial charge on any atom is -0.466 e. The molecule has 0 atom stereocenters. The third kappa shape index (κ3) is 6.44. The Bertz CT molecular complexity index is 1250. The number of ether oxygens (including phenoxy) is 1. The van der Waals surface area contributed by atoms with Gasteiger partial charge in [-0.1, -0.05) is 53.2 Å². The van der Waals surface area contributed by atoms with Gasteiger partial charge in [0.1, 0.15) is 6.54 Å². The van der Waals surface area contributed by atoms with Crippen molar-refractivity contribution in [1.82, 2.24) is 15.0 Å². The Labute approximate surface area is 217 Å². The Morgan fingerprint density at radius 3 is 2.49 bits per heavy atom. The second kappa shape index (κ2) is 11.9. The van der Waals surface area contributed by atoms with E-state index in [2.05, 4.69) is 5.16 Å². The Morgan fingerprint density at radius 2 is 1.78 bits per heavy atom. The molecule has 2 amide bonds. The number of hydrogen-bond acceptors (Lipinski definition) is 6. The number of benzene rings is 2. The van der Waals surface area contributed by atoms with Crippen LogP contribution in [-0.2, 0) is 20.9 Å². The second-order valence-electron chi connectivity index (χ2n) is 9.45. The van der Waals surface area contributed by atoms with Crippen LogP contribution in [0.5, 0.6) is 0 Å². The zero-order valence-corrected chi connectivity index (χ0v) is 21.6. The molecule has 1 aliphatic heterocycles. The lowest BCUT2D eigenvalue weighted by molar-refractivity contribution is -0.151. The van der Waals surface area contributed by atoms with Crippen molar-refractivity contribution in [3.63, 3.8) is 0 Å². The van der Waals surface area contributed by atoms with Crippen molar-refractivity contribution in [3.8, 4) is 11.3 Å². The molecule has 0 N–H and O–H groups in total. The highest BCUT2D eigenvalue weighted by Gasteiger charge is 2.30. The molecule has 194 valence electrons. The molecule has 0 bridgehead atoms. The van der Waals surface area contributed by atoms with Crippen molar-refractivity contribution in [1.29, 1.82) is 0 Å². The monoisotopic (exact) mass is 503 g/mol. The van der Waals surface area contributed by atoms with Crippen LogP contribution < -0.4 is 0 Å². The molecule has 0 unspecified atom stereocenters. The first kappa shape index (κ1) is 26.1. The number of aryl methyl sites for hydroxylation is 2. The van der Waals surface area contributed by atoms with Crippen LogP contribution in [0.4, 0.5) is 0 Å². The van der Waals surface area contributed by atoms with Crippen molar-refractivity contribution in [2.45, 2.75) is 40.2 Å². The maximum absolute atomic E-state index is 13.5. The van der Waals surface area contributed by atoms with Gasteiger partial charge in [-0.25, -0.2) is 0 Å². The molecule has 37 heavy (non-hydrogen) atoms. The van der Waals surface area contributed by atoms with Gasteiger partial charge in [-0.05, 0) is 50.8 Å². The van der Waals surface area contributed by atoms with E-state index in [4.69, 9.17) is 9.26 Å². The molecule has 0 aliphatic carbocycles. The lowest BCUT2D eigenvalue weighted by Gasteiger charge is -2.32. The normalized spacial score (nSPS) is 13.9. The molecular weight excluding hydrogens is 470 g/mol. The molecule has 0 radical (unpaired) electrons. The molecule has 1 saturated heterocycles. The van der Waals surface area contributed by atoms with E-state index in [0.29, 0.717) is 38.3 Å². The summed E-state index contributed by atoms with van der Waals surface area (Å²) in [6.07, 6.45) is 1.11. The van der Waals surface area contributed by atoms with E-state index in [1.54, 1.807) is 17.9 Å². The molecule has 1 aromatic heterocycles. The van der Waals surface area contributed by atoms with Crippen molar-refractivity contribution >= 4 is 17.8 Å². The van der Waals surface area contributed by atoms with Gasteiger partial charge in [0.05, 0.1) is 12.5 Å². The lowest BCUT2D eigenvalue weighted by Crippen LogP contribution is -2.46. The molecule has 8 heteroatoms. The Kier molecular flexibility index (Phi) is 8.38. The second-order valence-corrected chi connectivity index (χ2v) is 9.45. The fourth-order valence-electron chi connectivity index (χ4n) is 4.56. The Hall–Kier alpha value is -3.94. The van der Waals surface area contributed by atoms with E-state index in [1.807, 2.05) is 62.4 Å². The fraction of sp³-hybridized carbons (Fsp3) is 0.379. The van der Waals surface area contributed by atoms with E-state index in [9.17, 15) is 14.4 Å². The van der Waals surface area contributed by atoms with Gasteiger partial charge in [0.25, 0.3) is 5.91 Å². The summed E-state index contributed by atoms with van der Waals surface area (Å²) in [5, 5.41) is 4.05. The molecule has 8 nitrogen and oxygen atoms in total. The minimum absolute atomic E-state index is 0.0938. The van der Waals surface area contributed by atoms with Crippen molar-refractivity contribution in [2.75, 3.05) is 26.2 Å². The Balaban J connectivity index is 1.49. The first-order valence-corrected chi connectivity index (χ1v) is 12.7. The molecule has 4 rings (SSSR count). The number of likely N-dealkylation sites (tertiary alicyclic amines) is 1. The van der Waals surface area contributed by atoms with Gasteiger partial charge in [0.2, 0.25) is 5.91 Å². The number of rotatable bonds is 8. The SMILES string of the molecule is CCOC(=O)C1CCN(C(=O)CN(Cc2ccccc2)C(=O)c2cc(-c3cc(C)ccc3C)on2)CC1. The number of amides is 2. The smallest absolute Gasteiger partial charge is 0.309 e. The number of carbonyl (C=O) groups excluding carboxylic acids is 3. The third-order valence-corrected chi connectivity index (χ3v) is 6.68. The van der Waals surface area contributed by atoms with E-state index in [-0.39, 0.29) is 42.5 Å². The molecule has 1 aliphatic rings. The summed E-state index contributed by atoms with van der Waals surface area (Å²) >= 11 is 0. The number of hydrogen-bond donors (Lipinski definition) is 0. The summed E-state index contributed by atoms with van der Waals surface area (Å²) in [4.78, 5) is 42.0. The maximum Gasteiger partial charge on any atom is 0.309 e. The van der Waals surface area contributed by atoms with Crippen LogP contribution in [0.2, 0.25) is 0 Å². The van der Waals surface area contributed by atoms with E-state index in [0.717, 1.165) is 22.3 Å². The number of esters is 1. The highest BCUT2D eigenvalue weighted by molar-refractivity contribution is 5.95. The summed E-state index contributed by atoms with van der Waals surface area (Å²) in [6.45, 7) is 7.18. The number of carbonyl (C=O) groups is 3. The average Bonchev–Trinajstić information content (AvgIpc) is 3.40. The van der Waals surface area contributed by atoms with Gasteiger partial charge in [-0.3, -0.25) is 14.4 Å². The van der Waals surface area contributed by atoms with Gasteiger partial charge >= 0.3 is 5.97 Å². The zero-order chi connectivity index (χ0) is 26.4. The maximum atomic E-state index is 13.5. The minimum atomic E-state index is -0.376. The molecule has 2 heterocycles. The summed E-state index contributed by atoms with van der Waals surface area (Å²) in [6, 6.07) is 17.2. The summed E-state index contributed by atoms with van der Waals surface area (Å²) in [5.74, 6) is -0.425. The first-order valence-electron chi connectivity index (χ1n) is 12.7. The molecular formula is C29H33N3O5. The Morgan fingerprint density at radius 1 is 1.05 bits per heavy atom. The average molecular weight is 504 g/mol. The third-order valence-electron chi connectivity index (χ3n) is 6.68. The molecule has 0 saturated carbocycles. The summed E-state index contributed by atoms with van der Waals surface area (Å²) in [7, 11) is 0. The van der Waals surface area contributed by atoms with Gasteiger partial charge in [-0.15, -0.1) is 0 Å². The van der Waals surface area contributed by atoms with Gasteiger partial charge < -0.3 is 19.1 Å². The molecule has 0 spiro atoms. The quantitative estimate of drug-likeness (QED) is 0.423. The highest BCUT2D eigenvalue weighted by atomic mass is 16.5. The van der Waals surface area contributed by atoms with E-state index >= 15 is 0 Å². The van der Waals surface area contributed by atoms with Crippen LogP contribution >= 0.6 is 0 Å². The predicted molar refractivity (Wildman–Crippen MR) is 139 cm³/mol. The zero-order valence-electron chi connectivity index (χ0n) is 21.6. The van der Waals surface area contributed by atoms with E-state index in [1.165, 1.54) is 4.90 Å². The number of aromatic nitrogens is 1. The topological polar surface area (TPSA) is 93.0 Å². The molecule has 1 fully saturated rings. The largest absolute Gasteiger partial charge is 0.466 e.